The van der Waals surface area contributed by atoms with E-state index in [2.05, 4.69) is 48.0 Å². The number of hydrogen-bond acceptors (Lipinski definition) is 6. The van der Waals surface area contributed by atoms with Crippen LogP contribution >= 0.6 is 11.8 Å². The van der Waals surface area contributed by atoms with E-state index in [0.717, 1.165) is 30.3 Å². The molecule has 0 atom stereocenters. The Hall–Kier alpha value is -2.84. The molecule has 0 aliphatic carbocycles. The maximum Gasteiger partial charge on any atom is 0.233 e. The quantitative estimate of drug-likeness (QED) is 0.491. The smallest absolute Gasteiger partial charge is 0.233 e. The molecule has 0 saturated carbocycles. The SMILES string of the molecule is CC(C)(C)N(Cc1ccccc1)C(=O)CSc1nnc(N2CCOCC2)n1-c1ccccc1. The van der Waals surface area contributed by atoms with Crippen LogP contribution < -0.4 is 4.90 Å². The van der Waals surface area contributed by atoms with E-state index in [1.54, 1.807) is 0 Å². The summed E-state index contributed by atoms with van der Waals surface area (Å²) < 4.78 is 7.55. The number of aromatic nitrogens is 3. The largest absolute Gasteiger partial charge is 0.378 e. The van der Waals surface area contributed by atoms with Crippen LogP contribution in [0.3, 0.4) is 0 Å². The second-order valence-electron chi connectivity index (χ2n) is 8.98. The highest BCUT2D eigenvalue weighted by Crippen LogP contribution is 2.28. The molecule has 0 radical (unpaired) electrons. The molecule has 7 nitrogen and oxygen atoms in total. The zero-order valence-corrected chi connectivity index (χ0v) is 20.3. The van der Waals surface area contributed by atoms with Gasteiger partial charge < -0.3 is 14.5 Å². The summed E-state index contributed by atoms with van der Waals surface area (Å²) in [6.45, 7) is 9.66. The average molecular weight is 466 g/mol. The van der Waals surface area contributed by atoms with Gasteiger partial charge in [-0.25, -0.2) is 0 Å². The van der Waals surface area contributed by atoms with E-state index in [9.17, 15) is 4.79 Å². The topological polar surface area (TPSA) is 63.5 Å². The predicted molar refractivity (Wildman–Crippen MR) is 132 cm³/mol. The molecule has 2 heterocycles. The number of para-hydroxylation sites is 1. The van der Waals surface area contributed by atoms with E-state index in [1.165, 1.54) is 11.8 Å². The van der Waals surface area contributed by atoms with Crippen LogP contribution in [-0.4, -0.2) is 63.2 Å². The molecule has 0 spiro atoms. The molecule has 33 heavy (non-hydrogen) atoms. The van der Waals surface area contributed by atoms with Gasteiger partial charge in [0.05, 0.1) is 24.7 Å². The number of rotatable bonds is 7. The minimum atomic E-state index is -0.292. The summed E-state index contributed by atoms with van der Waals surface area (Å²) in [6, 6.07) is 20.2. The van der Waals surface area contributed by atoms with Crippen LogP contribution in [0.15, 0.2) is 65.8 Å². The number of carbonyl (C=O) groups excluding carboxylic acids is 1. The van der Waals surface area contributed by atoms with Gasteiger partial charge in [-0.1, -0.05) is 60.3 Å². The number of thioether (sulfide) groups is 1. The molecule has 2 aromatic carbocycles. The number of morpholine rings is 1. The molecular formula is C25H31N5O2S. The first-order valence-corrected chi connectivity index (χ1v) is 12.2. The third-order valence-corrected chi connectivity index (χ3v) is 6.46. The molecule has 174 valence electrons. The summed E-state index contributed by atoms with van der Waals surface area (Å²) in [6.07, 6.45) is 0. The van der Waals surface area contributed by atoms with Gasteiger partial charge in [0.1, 0.15) is 0 Å². The van der Waals surface area contributed by atoms with E-state index in [1.807, 2.05) is 58.0 Å². The van der Waals surface area contributed by atoms with Crippen LogP contribution in [0.5, 0.6) is 0 Å². The van der Waals surface area contributed by atoms with Crippen molar-refractivity contribution in [3.8, 4) is 5.69 Å². The standard InChI is InChI=1S/C25H31N5O2S/c1-25(2,3)29(18-20-10-6-4-7-11-20)22(31)19-33-24-27-26-23(28-14-16-32-17-15-28)30(24)21-12-8-5-9-13-21/h4-13H,14-19H2,1-3H3. The van der Waals surface area contributed by atoms with Crippen LogP contribution in [-0.2, 0) is 16.1 Å². The van der Waals surface area contributed by atoms with Gasteiger partial charge in [-0.3, -0.25) is 9.36 Å². The Kier molecular flexibility index (Phi) is 7.35. The van der Waals surface area contributed by atoms with E-state index in [-0.39, 0.29) is 17.2 Å². The fourth-order valence-corrected chi connectivity index (χ4v) is 4.62. The van der Waals surface area contributed by atoms with Crippen LogP contribution in [0.2, 0.25) is 0 Å². The molecule has 3 aromatic rings. The highest BCUT2D eigenvalue weighted by atomic mass is 32.2. The van der Waals surface area contributed by atoms with Crippen molar-refractivity contribution in [2.24, 2.45) is 0 Å². The normalized spacial score (nSPS) is 14.3. The van der Waals surface area contributed by atoms with Crippen LogP contribution in [0.25, 0.3) is 5.69 Å². The van der Waals surface area contributed by atoms with Gasteiger partial charge >= 0.3 is 0 Å². The Balaban J connectivity index is 1.55. The summed E-state index contributed by atoms with van der Waals surface area (Å²) in [5.41, 5.74) is 1.81. The zero-order valence-electron chi connectivity index (χ0n) is 19.5. The first-order valence-electron chi connectivity index (χ1n) is 11.2. The maximum absolute atomic E-state index is 13.3. The molecule has 1 aromatic heterocycles. The van der Waals surface area contributed by atoms with Gasteiger partial charge in [0.25, 0.3) is 0 Å². The fourth-order valence-electron chi connectivity index (χ4n) is 3.80. The van der Waals surface area contributed by atoms with Crippen LogP contribution in [0, 0.1) is 0 Å². The number of ether oxygens (including phenoxy) is 1. The lowest BCUT2D eigenvalue weighted by Crippen LogP contribution is -2.46. The Bertz CT molecular complexity index is 1040. The minimum absolute atomic E-state index is 0.0758. The lowest BCUT2D eigenvalue weighted by atomic mass is 10.0. The van der Waals surface area contributed by atoms with Crippen molar-refractivity contribution in [2.75, 3.05) is 37.0 Å². The number of amides is 1. The molecule has 1 aliphatic heterocycles. The third kappa shape index (κ3) is 5.75. The molecular weight excluding hydrogens is 434 g/mol. The molecule has 0 N–H and O–H groups in total. The lowest BCUT2D eigenvalue weighted by Gasteiger charge is -2.36. The van der Waals surface area contributed by atoms with Crippen molar-refractivity contribution in [1.82, 2.24) is 19.7 Å². The minimum Gasteiger partial charge on any atom is -0.378 e. The van der Waals surface area contributed by atoms with Gasteiger partial charge in [0.2, 0.25) is 11.9 Å². The Morgan fingerprint density at radius 2 is 1.64 bits per heavy atom. The van der Waals surface area contributed by atoms with Gasteiger partial charge in [0, 0.05) is 25.2 Å². The highest BCUT2D eigenvalue weighted by molar-refractivity contribution is 7.99. The third-order valence-electron chi connectivity index (χ3n) is 5.54. The van der Waals surface area contributed by atoms with Gasteiger partial charge in [-0.2, -0.15) is 0 Å². The molecule has 1 saturated heterocycles. The second-order valence-corrected chi connectivity index (χ2v) is 9.92. The lowest BCUT2D eigenvalue weighted by molar-refractivity contribution is -0.133. The number of nitrogens with zero attached hydrogens (tertiary/aromatic N) is 5. The number of benzene rings is 2. The monoisotopic (exact) mass is 465 g/mol. The fraction of sp³-hybridized carbons (Fsp3) is 0.400. The van der Waals surface area contributed by atoms with Gasteiger partial charge in [0.15, 0.2) is 5.16 Å². The van der Waals surface area contributed by atoms with Crippen molar-refractivity contribution >= 4 is 23.6 Å². The van der Waals surface area contributed by atoms with Gasteiger partial charge in [-0.15, -0.1) is 10.2 Å². The molecule has 1 fully saturated rings. The number of anilines is 1. The Labute approximate surface area is 199 Å². The van der Waals surface area contributed by atoms with E-state index < -0.39 is 0 Å². The number of carbonyl (C=O) groups is 1. The Morgan fingerprint density at radius 3 is 2.27 bits per heavy atom. The predicted octanol–water partition coefficient (Wildman–Crippen LogP) is 4.02. The summed E-state index contributed by atoms with van der Waals surface area (Å²) in [5, 5.41) is 9.67. The molecule has 1 aliphatic rings. The van der Waals surface area contributed by atoms with E-state index in [4.69, 9.17) is 4.74 Å². The van der Waals surface area contributed by atoms with Crippen molar-refractivity contribution in [3.63, 3.8) is 0 Å². The summed E-state index contributed by atoms with van der Waals surface area (Å²) in [5.74, 6) is 1.15. The van der Waals surface area contributed by atoms with Crippen LogP contribution in [0.4, 0.5) is 5.95 Å². The summed E-state index contributed by atoms with van der Waals surface area (Å²) >= 11 is 1.43. The summed E-state index contributed by atoms with van der Waals surface area (Å²) in [4.78, 5) is 17.5. The maximum atomic E-state index is 13.3. The van der Waals surface area contributed by atoms with E-state index in [0.29, 0.717) is 24.9 Å². The molecule has 4 rings (SSSR count). The van der Waals surface area contributed by atoms with Gasteiger partial charge in [-0.05, 0) is 38.5 Å². The van der Waals surface area contributed by atoms with E-state index >= 15 is 0 Å². The highest BCUT2D eigenvalue weighted by Gasteiger charge is 2.28. The summed E-state index contributed by atoms with van der Waals surface area (Å²) in [7, 11) is 0. The van der Waals surface area contributed by atoms with Crippen LogP contribution in [0.1, 0.15) is 26.3 Å². The zero-order chi connectivity index (χ0) is 23.3. The Morgan fingerprint density at radius 1 is 1.00 bits per heavy atom. The first kappa shape index (κ1) is 23.3. The van der Waals surface area contributed by atoms with Crippen molar-refractivity contribution in [1.29, 1.82) is 0 Å². The molecule has 0 unspecified atom stereocenters. The second kappa shape index (κ2) is 10.4. The van der Waals surface area contributed by atoms with Crippen molar-refractivity contribution in [3.05, 3.63) is 66.2 Å². The molecule has 8 heteroatoms. The molecule has 1 amide bonds. The first-order chi connectivity index (χ1) is 15.9. The number of hydrogen-bond donors (Lipinski definition) is 0. The molecule has 0 bridgehead atoms. The van der Waals surface area contributed by atoms with Crippen molar-refractivity contribution < 1.29 is 9.53 Å². The average Bonchev–Trinajstić information content (AvgIpc) is 3.26. The van der Waals surface area contributed by atoms with Crippen molar-refractivity contribution in [2.45, 2.75) is 38.0 Å².